The largest absolute Gasteiger partial charge is 0.462 e. The summed E-state index contributed by atoms with van der Waals surface area (Å²) in [5.41, 5.74) is 1.39. The number of ether oxygens (including phenoxy) is 1. The molecule has 7 nitrogen and oxygen atoms in total. The number of esters is 1. The Bertz CT molecular complexity index is 1130. The van der Waals surface area contributed by atoms with Gasteiger partial charge in [-0.1, -0.05) is 41.9 Å². The number of amides is 1. The maximum atomic E-state index is 12.8. The van der Waals surface area contributed by atoms with Crippen LogP contribution in [0.4, 0.5) is 10.7 Å². The first-order valence-corrected chi connectivity index (χ1v) is 10.1. The number of hydrogen-bond acceptors (Lipinski definition) is 6. The number of thiophene rings is 1. The van der Waals surface area contributed by atoms with Crippen molar-refractivity contribution in [3.05, 3.63) is 79.7 Å². The van der Waals surface area contributed by atoms with Crippen LogP contribution in [0.5, 0.6) is 0 Å². The predicted molar refractivity (Wildman–Crippen MR) is 117 cm³/mol. The zero-order chi connectivity index (χ0) is 21.8. The van der Waals surface area contributed by atoms with Gasteiger partial charge >= 0.3 is 5.97 Å². The molecule has 0 aliphatic heterocycles. The zero-order valence-electron chi connectivity index (χ0n) is 16.1. The Balaban J connectivity index is 2.06. The van der Waals surface area contributed by atoms with Gasteiger partial charge in [0.2, 0.25) is 0 Å². The number of anilines is 1. The molecule has 2 aromatic carbocycles. The van der Waals surface area contributed by atoms with Crippen LogP contribution in [0, 0.1) is 17.0 Å². The van der Waals surface area contributed by atoms with Crippen LogP contribution in [0.25, 0.3) is 11.1 Å². The van der Waals surface area contributed by atoms with Crippen LogP contribution in [0.1, 0.15) is 32.5 Å². The van der Waals surface area contributed by atoms with Crippen molar-refractivity contribution >= 4 is 45.5 Å². The third-order valence-corrected chi connectivity index (χ3v) is 5.61. The fourth-order valence-corrected chi connectivity index (χ4v) is 4.22. The van der Waals surface area contributed by atoms with E-state index >= 15 is 0 Å². The molecule has 154 valence electrons. The van der Waals surface area contributed by atoms with Crippen LogP contribution in [-0.2, 0) is 4.74 Å². The van der Waals surface area contributed by atoms with Gasteiger partial charge < -0.3 is 10.1 Å². The Labute approximate surface area is 181 Å². The third-order valence-electron chi connectivity index (χ3n) is 4.26. The Morgan fingerprint density at radius 1 is 1.20 bits per heavy atom. The predicted octanol–water partition coefficient (Wildman–Crippen LogP) is 5.71. The highest BCUT2D eigenvalue weighted by Gasteiger charge is 2.26. The van der Waals surface area contributed by atoms with E-state index in [4.69, 9.17) is 16.3 Å². The van der Waals surface area contributed by atoms with Crippen molar-refractivity contribution in [2.75, 3.05) is 11.9 Å². The van der Waals surface area contributed by atoms with Crippen LogP contribution >= 0.6 is 22.9 Å². The SMILES string of the molecule is CCOC(=O)c1c(NC(=O)c2cc([N+](=O)[O-])ccc2Cl)sc(C)c1-c1ccccc1. The van der Waals surface area contributed by atoms with Crippen molar-refractivity contribution in [1.82, 2.24) is 0 Å². The number of aryl methyl sites for hydroxylation is 1. The molecule has 0 fully saturated rings. The highest BCUT2D eigenvalue weighted by Crippen LogP contribution is 2.40. The van der Waals surface area contributed by atoms with Crippen LogP contribution in [0.3, 0.4) is 0 Å². The van der Waals surface area contributed by atoms with E-state index < -0.39 is 16.8 Å². The molecular formula is C21H17ClN2O5S. The number of non-ortho nitro benzene ring substituents is 1. The topological polar surface area (TPSA) is 98.5 Å². The molecule has 0 saturated heterocycles. The molecule has 0 aliphatic rings. The van der Waals surface area contributed by atoms with Crippen LogP contribution < -0.4 is 5.32 Å². The lowest BCUT2D eigenvalue weighted by molar-refractivity contribution is -0.384. The Morgan fingerprint density at radius 3 is 2.53 bits per heavy atom. The quantitative estimate of drug-likeness (QED) is 0.298. The number of rotatable bonds is 6. The Hall–Kier alpha value is -3.23. The molecule has 3 rings (SSSR count). The summed E-state index contributed by atoms with van der Waals surface area (Å²) in [5.74, 6) is -1.23. The van der Waals surface area contributed by atoms with Gasteiger partial charge in [-0.15, -0.1) is 11.3 Å². The molecule has 0 atom stereocenters. The summed E-state index contributed by atoms with van der Waals surface area (Å²) >= 11 is 7.29. The highest BCUT2D eigenvalue weighted by atomic mass is 35.5. The average Bonchev–Trinajstić information content (AvgIpc) is 3.04. The number of benzene rings is 2. The molecule has 1 amide bonds. The first-order chi connectivity index (χ1) is 14.3. The van der Waals surface area contributed by atoms with Crippen molar-refractivity contribution in [1.29, 1.82) is 0 Å². The van der Waals surface area contributed by atoms with E-state index in [-0.39, 0.29) is 33.4 Å². The van der Waals surface area contributed by atoms with E-state index in [1.165, 1.54) is 23.5 Å². The fraction of sp³-hybridized carbons (Fsp3) is 0.143. The van der Waals surface area contributed by atoms with E-state index in [0.717, 1.165) is 16.5 Å². The van der Waals surface area contributed by atoms with Crippen LogP contribution in [-0.4, -0.2) is 23.4 Å². The van der Waals surface area contributed by atoms with Crippen LogP contribution in [0.15, 0.2) is 48.5 Å². The first-order valence-electron chi connectivity index (χ1n) is 8.94. The summed E-state index contributed by atoms with van der Waals surface area (Å²) < 4.78 is 5.21. The van der Waals surface area contributed by atoms with Crippen molar-refractivity contribution in [2.45, 2.75) is 13.8 Å². The molecule has 1 aromatic heterocycles. The lowest BCUT2D eigenvalue weighted by Gasteiger charge is -2.10. The number of carbonyl (C=O) groups is 2. The average molecular weight is 445 g/mol. The van der Waals surface area contributed by atoms with Gasteiger partial charge in [-0.25, -0.2) is 4.79 Å². The molecule has 0 radical (unpaired) electrons. The second-order valence-corrected chi connectivity index (χ2v) is 7.83. The highest BCUT2D eigenvalue weighted by molar-refractivity contribution is 7.17. The number of hydrogen-bond donors (Lipinski definition) is 1. The second-order valence-electron chi connectivity index (χ2n) is 6.20. The van der Waals surface area contributed by atoms with Gasteiger partial charge in [-0.3, -0.25) is 14.9 Å². The second kappa shape index (κ2) is 9.06. The number of carbonyl (C=O) groups excluding carboxylic acids is 2. The van der Waals surface area contributed by atoms with Gasteiger partial charge in [-0.05, 0) is 25.5 Å². The van der Waals surface area contributed by atoms with Gasteiger partial charge in [0.25, 0.3) is 11.6 Å². The molecule has 1 heterocycles. The number of nitro groups is 1. The van der Waals surface area contributed by atoms with Crippen LogP contribution in [0.2, 0.25) is 5.02 Å². The monoisotopic (exact) mass is 444 g/mol. The minimum absolute atomic E-state index is 0.0620. The van der Waals surface area contributed by atoms with Crippen molar-refractivity contribution < 1.29 is 19.2 Å². The summed E-state index contributed by atoms with van der Waals surface area (Å²) in [4.78, 5) is 36.8. The molecule has 0 spiro atoms. The molecule has 9 heteroatoms. The minimum atomic E-state index is -0.657. The lowest BCUT2D eigenvalue weighted by atomic mass is 10.0. The standard InChI is InChI=1S/C21H17ClN2O5S/c1-3-29-21(26)18-17(13-7-5-4-6-8-13)12(2)30-20(18)23-19(25)15-11-14(24(27)28)9-10-16(15)22/h4-11H,3H2,1-2H3,(H,23,25). The molecule has 0 aliphatic carbocycles. The minimum Gasteiger partial charge on any atom is -0.462 e. The summed E-state index contributed by atoms with van der Waals surface area (Å²) in [6, 6.07) is 12.9. The molecule has 0 bridgehead atoms. The number of nitro benzene ring substituents is 1. The lowest BCUT2D eigenvalue weighted by Crippen LogP contribution is -2.15. The van der Waals surface area contributed by atoms with Gasteiger partial charge in [0, 0.05) is 22.6 Å². The summed E-state index contributed by atoms with van der Waals surface area (Å²) in [7, 11) is 0. The van der Waals surface area contributed by atoms with Gasteiger partial charge in [0.15, 0.2) is 0 Å². The van der Waals surface area contributed by atoms with Gasteiger partial charge in [0.1, 0.15) is 10.6 Å². The number of nitrogens with zero attached hydrogens (tertiary/aromatic N) is 1. The van der Waals surface area contributed by atoms with Crippen molar-refractivity contribution in [3.63, 3.8) is 0 Å². The first kappa shape index (κ1) is 21.5. The molecule has 1 N–H and O–H groups in total. The van der Waals surface area contributed by atoms with Crippen molar-refractivity contribution in [3.8, 4) is 11.1 Å². The van der Waals surface area contributed by atoms with E-state index in [2.05, 4.69) is 5.32 Å². The van der Waals surface area contributed by atoms with E-state index in [1.807, 2.05) is 37.3 Å². The molecule has 0 unspecified atom stereocenters. The number of nitrogens with one attached hydrogen (secondary N) is 1. The maximum absolute atomic E-state index is 12.8. The molecule has 30 heavy (non-hydrogen) atoms. The van der Waals surface area contributed by atoms with Gasteiger partial charge in [0.05, 0.1) is 22.1 Å². The van der Waals surface area contributed by atoms with E-state index in [1.54, 1.807) is 6.92 Å². The number of halogens is 1. The Kier molecular flexibility index (Phi) is 6.49. The maximum Gasteiger partial charge on any atom is 0.341 e. The van der Waals surface area contributed by atoms with Crippen molar-refractivity contribution in [2.24, 2.45) is 0 Å². The van der Waals surface area contributed by atoms with E-state index in [9.17, 15) is 19.7 Å². The molecule has 0 saturated carbocycles. The van der Waals surface area contributed by atoms with Gasteiger partial charge in [-0.2, -0.15) is 0 Å². The normalized spacial score (nSPS) is 10.5. The molecular weight excluding hydrogens is 428 g/mol. The van der Waals surface area contributed by atoms with E-state index in [0.29, 0.717) is 5.56 Å². The molecule has 3 aromatic rings. The zero-order valence-corrected chi connectivity index (χ0v) is 17.7. The third kappa shape index (κ3) is 4.34. The fourth-order valence-electron chi connectivity index (χ4n) is 2.95. The smallest absolute Gasteiger partial charge is 0.341 e. The summed E-state index contributed by atoms with van der Waals surface area (Å²) in [6.07, 6.45) is 0. The summed E-state index contributed by atoms with van der Waals surface area (Å²) in [5, 5.41) is 14.1. The summed E-state index contributed by atoms with van der Waals surface area (Å²) in [6.45, 7) is 3.71. The Morgan fingerprint density at radius 2 is 1.90 bits per heavy atom.